The molecule has 0 saturated carbocycles. The van der Waals surface area contributed by atoms with Crippen LogP contribution >= 0.6 is 0 Å². The summed E-state index contributed by atoms with van der Waals surface area (Å²) in [5.74, 6) is 0.723. The average Bonchev–Trinajstić information content (AvgIpc) is 3.03. The van der Waals surface area contributed by atoms with Crippen molar-refractivity contribution in [3.05, 3.63) is 47.7 Å². The number of fused-ring (bicyclic) bond motifs is 1. The summed E-state index contributed by atoms with van der Waals surface area (Å²) in [7, 11) is 0. The zero-order valence-electron chi connectivity index (χ0n) is 14.0. The molecule has 0 fully saturated rings. The van der Waals surface area contributed by atoms with Gasteiger partial charge < -0.3 is 16.4 Å². The minimum atomic E-state index is -0.438. The number of aromatic nitrogens is 2. The van der Waals surface area contributed by atoms with Crippen LogP contribution in [0.3, 0.4) is 0 Å². The highest BCUT2D eigenvalue weighted by atomic mass is 16.1. The van der Waals surface area contributed by atoms with Gasteiger partial charge in [-0.2, -0.15) is 5.10 Å². The molecule has 1 aliphatic rings. The average molecular weight is 327 g/mol. The second kappa shape index (κ2) is 7.49. The van der Waals surface area contributed by atoms with Crippen molar-refractivity contribution in [2.24, 2.45) is 11.7 Å². The fraction of sp³-hybridized carbons (Fsp3) is 0.444. The summed E-state index contributed by atoms with van der Waals surface area (Å²) in [6, 6.07) is 10.9. The summed E-state index contributed by atoms with van der Waals surface area (Å²) in [5.41, 5.74) is 7.17. The zero-order chi connectivity index (χ0) is 16.9. The molecule has 2 aromatic rings. The second-order valence-corrected chi connectivity index (χ2v) is 6.36. The van der Waals surface area contributed by atoms with Gasteiger partial charge in [-0.25, -0.2) is 4.68 Å². The number of rotatable bonds is 7. The minimum Gasteiger partial charge on any atom is -0.369 e. The van der Waals surface area contributed by atoms with Gasteiger partial charge >= 0.3 is 0 Å². The van der Waals surface area contributed by atoms with E-state index >= 15 is 0 Å². The molecule has 1 aromatic carbocycles. The molecule has 0 aliphatic carbocycles. The first-order valence-corrected chi connectivity index (χ1v) is 8.56. The highest BCUT2D eigenvalue weighted by Crippen LogP contribution is 2.23. The van der Waals surface area contributed by atoms with E-state index in [1.165, 1.54) is 5.56 Å². The van der Waals surface area contributed by atoms with Gasteiger partial charge in [0.1, 0.15) is 11.4 Å². The first-order valence-electron chi connectivity index (χ1n) is 8.56. The van der Waals surface area contributed by atoms with Gasteiger partial charge in [-0.1, -0.05) is 43.7 Å². The van der Waals surface area contributed by atoms with Crippen molar-refractivity contribution >= 4 is 11.7 Å². The summed E-state index contributed by atoms with van der Waals surface area (Å²) >= 11 is 0. The second-order valence-electron chi connectivity index (χ2n) is 6.36. The van der Waals surface area contributed by atoms with Crippen LogP contribution in [0.2, 0.25) is 0 Å². The first-order chi connectivity index (χ1) is 11.7. The molecule has 0 radical (unpaired) electrons. The van der Waals surface area contributed by atoms with E-state index in [0.29, 0.717) is 17.5 Å². The number of benzene rings is 1. The molecule has 0 saturated heterocycles. The van der Waals surface area contributed by atoms with Gasteiger partial charge in [0.25, 0.3) is 5.91 Å². The summed E-state index contributed by atoms with van der Waals surface area (Å²) in [5, 5.41) is 11.3. The van der Waals surface area contributed by atoms with Crippen LogP contribution < -0.4 is 16.4 Å². The van der Waals surface area contributed by atoms with Crippen LogP contribution in [0, 0.1) is 5.92 Å². The van der Waals surface area contributed by atoms with E-state index in [1.54, 1.807) is 6.20 Å². The molecule has 0 bridgehead atoms. The van der Waals surface area contributed by atoms with Crippen LogP contribution in [0.4, 0.5) is 5.82 Å². The number of nitrogens with two attached hydrogens (primary N) is 1. The smallest absolute Gasteiger partial charge is 0.254 e. The fourth-order valence-electron chi connectivity index (χ4n) is 3.25. The largest absolute Gasteiger partial charge is 0.369 e. The van der Waals surface area contributed by atoms with E-state index in [-0.39, 0.29) is 0 Å². The molecule has 2 atom stereocenters. The lowest BCUT2D eigenvalue weighted by Crippen LogP contribution is -2.37. The normalized spacial score (nSPS) is 17.8. The van der Waals surface area contributed by atoms with E-state index in [2.05, 4.69) is 46.9 Å². The predicted molar refractivity (Wildman–Crippen MR) is 94.8 cm³/mol. The van der Waals surface area contributed by atoms with Crippen LogP contribution in [-0.2, 0) is 6.54 Å². The molecule has 1 aromatic heterocycles. The Morgan fingerprint density at radius 1 is 1.46 bits per heavy atom. The van der Waals surface area contributed by atoms with E-state index in [4.69, 9.17) is 5.73 Å². The molecular formula is C18H25N5O. The van der Waals surface area contributed by atoms with Gasteiger partial charge in [0.2, 0.25) is 0 Å². The standard InChI is InChI=1S/C18H25N5O/c1-2-6-16(14-7-4-3-5-8-14)20-9-13-10-21-18-15(17(19)24)11-22-23(18)12-13/h3-5,7-8,11,13,16,20-21H,2,6,9-10,12H2,1H3,(H2,19,24)/t13-,16+/m1/s1. The molecule has 0 spiro atoms. The van der Waals surface area contributed by atoms with Crippen LogP contribution in [0.15, 0.2) is 36.5 Å². The third-order valence-corrected chi connectivity index (χ3v) is 4.53. The Bertz CT molecular complexity index is 682. The Balaban J connectivity index is 1.61. The van der Waals surface area contributed by atoms with E-state index in [1.807, 2.05) is 10.7 Å². The maximum Gasteiger partial charge on any atom is 0.254 e. The van der Waals surface area contributed by atoms with Crippen molar-refractivity contribution in [2.45, 2.75) is 32.4 Å². The molecule has 3 rings (SSSR count). The number of hydrogen-bond acceptors (Lipinski definition) is 4. The lowest BCUT2D eigenvalue weighted by molar-refractivity contribution is 0.100. The van der Waals surface area contributed by atoms with Crippen molar-refractivity contribution in [3.63, 3.8) is 0 Å². The third kappa shape index (κ3) is 3.59. The number of anilines is 1. The van der Waals surface area contributed by atoms with Gasteiger partial charge in [-0.05, 0) is 12.0 Å². The SMILES string of the molecule is CCC[C@H](NC[C@@H]1CNc2c(C(N)=O)cnn2C1)c1ccccc1. The molecule has 6 nitrogen and oxygen atoms in total. The van der Waals surface area contributed by atoms with E-state index in [0.717, 1.165) is 38.3 Å². The lowest BCUT2D eigenvalue weighted by atomic mass is 10.0. The number of nitrogens with one attached hydrogen (secondary N) is 2. The maximum absolute atomic E-state index is 11.4. The Hall–Kier alpha value is -2.34. The minimum absolute atomic E-state index is 0.372. The Kier molecular flexibility index (Phi) is 5.15. The molecule has 1 aliphatic heterocycles. The lowest BCUT2D eigenvalue weighted by Gasteiger charge is -2.28. The molecule has 1 amide bonds. The molecule has 2 heterocycles. The van der Waals surface area contributed by atoms with Gasteiger partial charge in [0.15, 0.2) is 0 Å². The molecular weight excluding hydrogens is 302 g/mol. The zero-order valence-corrected chi connectivity index (χ0v) is 14.0. The Morgan fingerprint density at radius 2 is 2.25 bits per heavy atom. The van der Waals surface area contributed by atoms with Gasteiger partial charge in [-0.3, -0.25) is 4.79 Å². The van der Waals surface area contributed by atoms with E-state index in [9.17, 15) is 4.79 Å². The number of carbonyl (C=O) groups excluding carboxylic acids is 1. The van der Waals surface area contributed by atoms with Crippen molar-refractivity contribution < 1.29 is 4.79 Å². The van der Waals surface area contributed by atoms with Crippen molar-refractivity contribution in [2.75, 3.05) is 18.4 Å². The third-order valence-electron chi connectivity index (χ3n) is 4.53. The monoisotopic (exact) mass is 327 g/mol. The van der Waals surface area contributed by atoms with Gasteiger partial charge in [0.05, 0.1) is 6.20 Å². The molecule has 4 N–H and O–H groups in total. The maximum atomic E-state index is 11.4. The predicted octanol–water partition coefficient (Wildman–Crippen LogP) is 2.15. The summed E-state index contributed by atoms with van der Waals surface area (Å²) in [4.78, 5) is 11.4. The van der Waals surface area contributed by atoms with Crippen LogP contribution in [-0.4, -0.2) is 28.8 Å². The van der Waals surface area contributed by atoms with Crippen molar-refractivity contribution in [1.82, 2.24) is 15.1 Å². The van der Waals surface area contributed by atoms with Crippen LogP contribution in [0.5, 0.6) is 0 Å². The van der Waals surface area contributed by atoms with Crippen molar-refractivity contribution in [1.29, 1.82) is 0 Å². The van der Waals surface area contributed by atoms with Crippen molar-refractivity contribution in [3.8, 4) is 0 Å². The van der Waals surface area contributed by atoms with Gasteiger partial charge in [0, 0.05) is 31.6 Å². The fourth-order valence-corrected chi connectivity index (χ4v) is 3.25. The molecule has 24 heavy (non-hydrogen) atoms. The Morgan fingerprint density at radius 3 is 2.96 bits per heavy atom. The summed E-state index contributed by atoms with van der Waals surface area (Å²) in [6.07, 6.45) is 3.80. The van der Waals surface area contributed by atoms with E-state index < -0.39 is 5.91 Å². The number of amides is 1. The van der Waals surface area contributed by atoms with Crippen LogP contribution in [0.25, 0.3) is 0 Å². The number of nitrogens with zero attached hydrogens (tertiary/aromatic N) is 2. The van der Waals surface area contributed by atoms with Crippen LogP contribution in [0.1, 0.15) is 41.7 Å². The summed E-state index contributed by atoms with van der Waals surface area (Å²) < 4.78 is 1.84. The van der Waals surface area contributed by atoms with Gasteiger partial charge in [-0.15, -0.1) is 0 Å². The quantitative estimate of drug-likeness (QED) is 0.727. The number of primary amides is 1. The number of hydrogen-bond donors (Lipinski definition) is 3. The highest BCUT2D eigenvalue weighted by Gasteiger charge is 2.24. The Labute approximate surface area is 142 Å². The number of carbonyl (C=O) groups is 1. The highest BCUT2D eigenvalue weighted by molar-refractivity contribution is 5.97. The topological polar surface area (TPSA) is 85.0 Å². The summed E-state index contributed by atoms with van der Waals surface area (Å²) in [6.45, 7) is 4.71. The first kappa shape index (κ1) is 16.5. The molecule has 0 unspecified atom stereocenters. The molecule has 6 heteroatoms. The molecule has 128 valence electrons.